The average molecular weight is 638 g/mol. The molecule has 0 atom stereocenters. The van der Waals surface area contributed by atoms with Crippen molar-refractivity contribution in [3.8, 4) is 22.3 Å². The van der Waals surface area contributed by atoms with Gasteiger partial charge in [-0.25, -0.2) is 0 Å². The quantitative estimate of drug-likeness (QED) is 0.187. The maximum Gasteiger partial charge on any atom is 0.159 e. The van der Waals surface area contributed by atoms with Crippen LogP contribution in [0, 0.1) is 0 Å². The third-order valence-electron chi connectivity index (χ3n) is 10.1. The zero-order valence-electron chi connectivity index (χ0n) is 27.3. The zero-order valence-corrected chi connectivity index (χ0v) is 27.3. The fourth-order valence-electron chi connectivity index (χ4n) is 7.81. The molecule has 0 radical (unpaired) electrons. The van der Waals surface area contributed by atoms with Gasteiger partial charge in [-0.3, -0.25) is 0 Å². The summed E-state index contributed by atoms with van der Waals surface area (Å²) in [6.07, 6.45) is 0. The predicted molar refractivity (Wildman–Crippen MR) is 212 cm³/mol. The van der Waals surface area contributed by atoms with Crippen LogP contribution >= 0.6 is 0 Å². The summed E-state index contributed by atoms with van der Waals surface area (Å²) >= 11 is 0. The molecule has 0 aliphatic carbocycles. The Hall–Kier alpha value is -6.64. The third kappa shape index (κ3) is 4.43. The van der Waals surface area contributed by atoms with Gasteiger partial charge in [0.1, 0.15) is 5.58 Å². The van der Waals surface area contributed by atoms with E-state index < -0.39 is 0 Å². The third-order valence-corrected chi connectivity index (χ3v) is 10.1. The van der Waals surface area contributed by atoms with Crippen molar-refractivity contribution < 1.29 is 4.42 Å². The second-order valence-electron chi connectivity index (χ2n) is 12.8. The van der Waals surface area contributed by atoms with Gasteiger partial charge in [0.05, 0.1) is 17.1 Å². The molecule has 0 aliphatic heterocycles. The van der Waals surface area contributed by atoms with Crippen molar-refractivity contribution >= 4 is 71.3 Å². The Balaban J connectivity index is 1.31. The summed E-state index contributed by atoms with van der Waals surface area (Å²) in [6, 6.07) is 67.4. The molecule has 10 aromatic rings. The molecule has 0 unspecified atom stereocenters. The number of hydrogen-bond donors (Lipinski definition) is 0. The average Bonchev–Trinajstić information content (AvgIpc) is 3.59. The molecule has 10 rings (SSSR count). The van der Waals surface area contributed by atoms with Crippen LogP contribution in [0.15, 0.2) is 192 Å². The SMILES string of the molecule is c1ccc(-c2ccc(N(c3ccc(-c4ccccc4)c4ccccc34)c3cccc4c3oc3ccc5ccccc5c34)c3ccccc23)cc1. The molecular weight excluding hydrogens is 607 g/mol. The molecule has 50 heavy (non-hydrogen) atoms. The Morgan fingerprint density at radius 3 is 1.42 bits per heavy atom. The minimum atomic E-state index is 0.867. The first kappa shape index (κ1) is 28.4. The second kappa shape index (κ2) is 11.5. The summed E-state index contributed by atoms with van der Waals surface area (Å²) in [6.45, 7) is 0. The molecule has 2 heteroatoms. The van der Waals surface area contributed by atoms with E-state index in [1.54, 1.807) is 0 Å². The van der Waals surface area contributed by atoms with Gasteiger partial charge in [0, 0.05) is 21.5 Å². The summed E-state index contributed by atoms with van der Waals surface area (Å²) < 4.78 is 6.88. The van der Waals surface area contributed by atoms with Gasteiger partial charge in [-0.15, -0.1) is 0 Å². The van der Waals surface area contributed by atoms with Crippen LogP contribution in [-0.4, -0.2) is 0 Å². The van der Waals surface area contributed by atoms with Crippen LogP contribution in [0.25, 0.3) is 76.5 Å². The van der Waals surface area contributed by atoms with Crippen molar-refractivity contribution in [2.75, 3.05) is 4.90 Å². The van der Waals surface area contributed by atoms with Crippen LogP contribution in [0.1, 0.15) is 0 Å². The molecule has 2 nitrogen and oxygen atoms in total. The topological polar surface area (TPSA) is 16.4 Å². The minimum Gasteiger partial charge on any atom is -0.454 e. The lowest BCUT2D eigenvalue weighted by Gasteiger charge is -2.29. The van der Waals surface area contributed by atoms with E-state index in [-0.39, 0.29) is 0 Å². The lowest BCUT2D eigenvalue weighted by molar-refractivity contribution is 0.669. The highest BCUT2D eigenvalue weighted by Gasteiger charge is 2.24. The monoisotopic (exact) mass is 637 g/mol. The van der Waals surface area contributed by atoms with E-state index in [4.69, 9.17) is 4.42 Å². The Kier molecular flexibility index (Phi) is 6.53. The van der Waals surface area contributed by atoms with E-state index in [1.807, 2.05) is 0 Å². The molecule has 0 bridgehead atoms. The van der Waals surface area contributed by atoms with Crippen molar-refractivity contribution in [2.45, 2.75) is 0 Å². The Morgan fingerprint density at radius 2 is 0.820 bits per heavy atom. The summed E-state index contributed by atoms with van der Waals surface area (Å²) in [4.78, 5) is 2.42. The van der Waals surface area contributed by atoms with Crippen LogP contribution in [0.5, 0.6) is 0 Å². The largest absolute Gasteiger partial charge is 0.454 e. The van der Waals surface area contributed by atoms with Crippen LogP contribution in [0.4, 0.5) is 17.1 Å². The van der Waals surface area contributed by atoms with Gasteiger partial charge in [-0.1, -0.05) is 164 Å². The first-order valence-electron chi connectivity index (χ1n) is 17.1. The number of furan rings is 1. The summed E-state index contributed by atoms with van der Waals surface area (Å²) in [5, 5.41) is 9.40. The molecule has 0 fully saturated rings. The first-order chi connectivity index (χ1) is 24.8. The van der Waals surface area contributed by atoms with E-state index in [0.717, 1.165) is 39.0 Å². The van der Waals surface area contributed by atoms with Gasteiger partial charge in [0.25, 0.3) is 0 Å². The smallest absolute Gasteiger partial charge is 0.159 e. The van der Waals surface area contributed by atoms with Crippen LogP contribution in [-0.2, 0) is 0 Å². The number of para-hydroxylation sites is 1. The predicted octanol–water partition coefficient (Wildman–Crippen LogP) is 13.8. The van der Waals surface area contributed by atoms with Crippen molar-refractivity contribution in [3.63, 3.8) is 0 Å². The fraction of sp³-hybridized carbons (Fsp3) is 0. The molecular formula is C48H31NO. The highest BCUT2D eigenvalue weighted by molar-refractivity contribution is 6.22. The van der Waals surface area contributed by atoms with Crippen molar-refractivity contribution in [2.24, 2.45) is 0 Å². The maximum absolute atomic E-state index is 6.88. The molecule has 0 spiro atoms. The van der Waals surface area contributed by atoms with Crippen LogP contribution in [0.3, 0.4) is 0 Å². The van der Waals surface area contributed by atoms with Gasteiger partial charge in [0.2, 0.25) is 0 Å². The minimum absolute atomic E-state index is 0.867. The Bertz CT molecular complexity index is 2750. The van der Waals surface area contributed by atoms with Gasteiger partial charge in [-0.2, -0.15) is 0 Å². The standard InChI is InChI=1S/C48H31NO/c1-3-14-32(15-4-1)35-27-29-43(40-22-11-9-20-38(35)40)49(44-30-28-36(33-16-5-2-6-17-33)39-21-10-12-23-41(39)44)45-25-13-24-42-47-37-19-8-7-18-34(37)26-31-46(47)50-48(42)45/h1-31H. The van der Waals surface area contributed by atoms with Crippen molar-refractivity contribution in [1.29, 1.82) is 0 Å². The molecule has 0 amide bonds. The highest BCUT2D eigenvalue weighted by Crippen LogP contribution is 2.49. The number of nitrogens with zero attached hydrogens (tertiary/aromatic N) is 1. The van der Waals surface area contributed by atoms with Gasteiger partial charge >= 0.3 is 0 Å². The Morgan fingerprint density at radius 1 is 0.320 bits per heavy atom. The summed E-state index contributed by atoms with van der Waals surface area (Å²) in [5.74, 6) is 0. The van der Waals surface area contributed by atoms with Gasteiger partial charge in [-0.05, 0) is 68.1 Å². The van der Waals surface area contributed by atoms with E-state index in [9.17, 15) is 0 Å². The lowest BCUT2D eigenvalue weighted by atomic mass is 9.94. The fourth-order valence-corrected chi connectivity index (χ4v) is 7.81. The Labute approximate surface area is 290 Å². The van der Waals surface area contributed by atoms with Gasteiger partial charge < -0.3 is 9.32 Å². The molecule has 0 N–H and O–H groups in total. The maximum atomic E-state index is 6.88. The lowest BCUT2D eigenvalue weighted by Crippen LogP contribution is -2.11. The second-order valence-corrected chi connectivity index (χ2v) is 12.8. The van der Waals surface area contributed by atoms with E-state index in [1.165, 1.54) is 54.6 Å². The van der Waals surface area contributed by atoms with Gasteiger partial charge in [0.15, 0.2) is 5.58 Å². The van der Waals surface area contributed by atoms with Crippen molar-refractivity contribution in [3.05, 3.63) is 188 Å². The number of anilines is 3. The molecule has 0 aliphatic rings. The molecule has 9 aromatic carbocycles. The number of fused-ring (bicyclic) bond motifs is 7. The highest BCUT2D eigenvalue weighted by atomic mass is 16.3. The summed E-state index contributed by atoms with van der Waals surface area (Å²) in [7, 11) is 0. The zero-order chi connectivity index (χ0) is 33.0. The molecule has 0 saturated carbocycles. The van der Waals surface area contributed by atoms with E-state index in [0.29, 0.717) is 0 Å². The van der Waals surface area contributed by atoms with E-state index >= 15 is 0 Å². The molecule has 0 saturated heterocycles. The first-order valence-corrected chi connectivity index (χ1v) is 17.1. The molecule has 1 heterocycles. The normalized spacial score (nSPS) is 11.6. The molecule has 1 aromatic heterocycles. The number of benzene rings is 9. The van der Waals surface area contributed by atoms with E-state index in [2.05, 4.69) is 193 Å². The number of rotatable bonds is 5. The molecule has 234 valence electrons. The number of hydrogen-bond acceptors (Lipinski definition) is 2. The van der Waals surface area contributed by atoms with Crippen molar-refractivity contribution in [1.82, 2.24) is 0 Å². The van der Waals surface area contributed by atoms with Crippen LogP contribution in [0.2, 0.25) is 0 Å². The summed E-state index contributed by atoms with van der Waals surface area (Å²) in [5.41, 5.74) is 9.76. The van der Waals surface area contributed by atoms with Crippen LogP contribution < -0.4 is 4.90 Å².